The number of hydrogen-bond donors (Lipinski definition) is 1. The van der Waals surface area contributed by atoms with Crippen molar-refractivity contribution in [3.05, 3.63) is 59.7 Å². The van der Waals surface area contributed by atoms with Crippen LogP contribution in [0.25, 0.3) is 5.69 Å². The molecule has 0 aliphatic heterocycles. The molecule has 6 nitrogen and oxygen atoms in total. The van der Waals surface area contributed by atoms with Crippen molar-refractivity contribution in [1.82, 2.24) is 30.1 Å². The maximum absolute atomic E-state index is 4.58. The Morgan fingerprint density at radius 3 is 2.73 bits per heavy atom. The normalized spacial score (nSPS) is 11.0. The Morgan fingerprint density at radius 1 is 1.14 bits per heavy atom. The zero-order valence-electron chi connectivity index (χ0n) is 12.9. The highest BCUT2D eigenvalue weighted by Gasteiger charge is 2.07. The second-order valence-corrected chi connectivity index (χ2v) is 5.16. The first kappa shape index (κ1) is 14.5. The van der Waals surface area contributed by atoms with Gasteiger partial charge >= 0.3 is 0 Å². The molecule has 0 aliphatic rings. The molecule has 0 saturated carbocycles. The van der Waals surface area contributed by atoms with Gasteiger partial charge < -0.3 is 5.32 Å². The molecule has 0 bridgehead atoms. The summed E-state index contributed by atoms with van der Waals surface area (Å²) in [5, 5.41) is 16.0. The van der Waals surface area contributed by atoms with E-state index in [-0.39, 0.29) is 0 Å². The predicted octanol–water partition coefficient (Wildman–Crippen LogP) is 2.08. The van der Waals surface area contributed by atoms with Gasteiger partial charge in [-0.2, -0.15) is 5.10 Å². The van der Waals surface area contributed by atoms with Gasteiger partial charge in [0.25, 0.3) is 0 Å². The maximum Gasteiger partial charge on any atom is 0.0738 e. The SMILES string of the molecule is CCn1nncc1CNCc1cn(-c2ccccc2)nc1C. The molecule has 3 aromatic rings. The van der Waals surface area contributed by atoms with Gasteiger partial charge in [0.05, 0.1) is 23.3 Å². The number of rotatable bonds is 6. The zero-order chi connectivity index (χ0) is 15.4. The van der Waals surface area contributed by atoms with Crippen molar-refractivity contribution >= 4 is 0 Å². The number of hydrogen-bond acceptors (Lipinski definition) is 4. The second-order valence-electron chi connectivity index (χ2n) is 5.16. The summed E-state index contributed by atoms with van der Waals surface area (Å²) in [7, 11) is 0. The molecule has 0 amide bonds. The van der Waals surface area contributed by atoms with Gasteiger partial charge in [0.15, 0.2) is 0 Å². The number of aromatic nitrogens is 5. The van der Waals surface area contributed by atoms with E-state index in [4.69, 9.17) is 0 Å². The lowest BCUT2D eigenvalue weighted by Gasteiger charge is -2.05. The smallest absolute Gasteiger partial charge is 0.0738 e. The standard InChI is InChI=1S/C16H20N6/c1-3-21-16(11-18-20-21)10-17-9-14-12-22(19-13(14)2)15-7-5-4-6-8-15/h4-8,11-12,17H,3,9-10H2,1-2H3. The van der Waals surface area contributed by atoms with Crippen LogP contribution in [0.15, 0.2) is 42.7 Å². The zero-order valence-corrected chi connectivity index (χ0v) is 12.9. The van der Waals surface area contributed by atoms with Crippen LogP contribution in [0.5, 0.6) is 0 Å². The predicted molar refractivity (Wildman–Crippen MR) is 84.5 cm³/mol. The molecular formula is C16H20N6. The van der Waals surface area contributed by atoms with E-state index >= 15 is 0 Å². The van der Waals surface area contributed by atoms with Gasteiger partial charge in [-0.15, -0.1) is 5.10 Å². The van der Waals surface area contributed by atoms with Gasteiger partial charge in [-0.1, -0.05) is 23.4 Å². The van der Waals surface area contributed by atoms with Gasteiger partial charge in [-0.3, -0.25) is 0 Å². The fourth-order valence-corrected chi connectivity index (χ4v) is 2.39. The van der Waals surface area contributed by atoms with Crippen molar-refractivity contribution in [2.45, 2.75) is 33.5 Å². The Bertz CT molecular complexity index is 728. The van der Waals surface area contributed by atoms with Crippen LogP contribution in [0.1, 0.15) is 23.9 Å². The number of nitrogens with zero attached hydrogens (tertiary/aromatic N) is 5. The lowest BCUT2D eigenvalue weighted by molar-refractivity contribution is 0.567. The van der Waals surface area contributed by atoms with E-state index in [2.05, 4.69) is 46.0 Å². The van der Waals surface area contributed by atoms with Crippen LogP contribution in [0.3, 0.4) is 0 Å². The van der Waals surface area contributed by atoms with Crippen LogP contribution in [-0.2, 0) is 19.6 Å². The summed E-state index contributed by atoms with van der Waals surface area (Å²) >= 11 is 0. The number of nitrogens with one attached hydrogen (secondary N) is 1. The summed E-state index contributed by atoms with van der Waals surface area (Å²) in [5.74, 6) is 0. The quantitative estimate of drug-likeness (QED) is 0.756. The molecule has 22 heavy (non-hydrogen) atoms. The molecule has 3 rings (SSSR count). The van der Waals surface area contributed by atoms with E-state index in [1.807, 2.05) is 34.5 Å². The molecule has 2 heterocycles. The van der Waals surface area contributed by atoms with E-state index in [0.717, 1.165) is 36.7 Å². The lowest BCUT2D eigenvalue weighted by atomic mass is 10.2. The molecule has 114 valence electrons. The third-order valence-corrected chi connectivity index (χ3v) is 3.64. The minimum absolute atomic E-state index is 0.747. The number of aryl methyl sites for hydroxylation is 2. The molecule has 0 atom stereocenters. The molecule has 0 spiro atoms. The first-order valence-electron chi connectivity index (χ1n) is 7.46. The average molecular weight is 296 g/mol. The van der Waals surface area contributed by atoms with Crippen LogP contribution >= 0.6 is 0 Å². The molecule has 1 aromatic carbocycles. The van der Waals surface area contributed by atoms with E-state index in [1.54, 1.807) is 6.20 Å². The summed E-state index contributed by atoms with van der Waals surface area (Å²) in [4.78, 5) is 0. The van der Waals surface area contributed by atoms with Crippen LogP contribution < -0.4 is 5.32 Å². The van der Waals surface area contributed by atoms with Gasteiger partial charge in [0.2, 0.25) is 0 Å². The minimum atomic E-state index is 0.747. The van der Waals surface area contributed by atoms with E-state index in [0.29, 0.717) is 0 Å². The highest BCUT2D eigenvalue weighted by Crippen LogP contribution is 2.11. The maximum atomic E-state index is 4.58. The van der Waals surface area contributed by atoms with E-state index in [9.17, 15) is 0 Å². The topological polar surface area (TPSA) is 60.6 Å². The largest absolute Gasteiger partial charge is 0.307 e. The monoisotopic (exact) mass is 296 g/mol. The third kappa shape index (κ3) is 3.07. The second kappa shape index (κ2) is 6.53. The number of para-hydroxylation sites is 1. The summed E-state index contributed by atoms with van der Waals surface area (Å²) < 4.78 is 3.82. The van der Waals surface area contributed by atoms with Gasteiger partial charge in [-0.05, 0) is 26.0 Å². The van der Waals surface area contributed by atoms with Crippen molar-refractivity contribution in [2.75, 3.05) is 0 Å². The molecule has 0 fully saturated rings. The average Bonchev–Trinajstić information content (AvgIpc) is 3.15. The van der Waals surface area contributed by atoms with Crippen molar-refractivity contribution < 1.29 is 0 Å². The van der Waals surface area contributed by atoms with Crippen LogP contribution in [0.4, 0.5) is 0 Å². The summed E-state index contributed by atoms with van der Waals surface area (Å²) in [6.07, 6.45) is 3.88. The molecular weight excluding hydrogens is 276 g/mol. The molecule has 2 aromatic heterocycles. The van der Waals surface area contributed by atoms with E-state index < -0.39 is 0 Å². The van der Waals surface area contributed by atoms with Gasteiger partial charge in [0, 0.05) is 31.4 Å². The van der Waals surface area contributed by atoms with Crippen molar-refractivity contribution in [1.29, 1.82) is 0 Å². The Morgan fingerprint density at radius 2 is 1.95 bits per heavy atom. The van der Waals surface area contributed by atoms with Crippen LogP contribution in [0, 0.1) is 6.92 Å². The summed E-state index contributed by atoms with van der Waals surface area (Å²) in [6, 6.07) is 10.1. The molecule has 1 N–H and O–H groups in total. The first-order valence-corrected chi connectivity index (χ1v) is 7.46. The van der Waals surface area contributed by atoms with Gasteiger partial charge in [-0.25, -0.2) is 9.36 Å². The fourth-order valence-electron chi connectivity index (χ4n) is 2.39. The fraction of sp³-hybridized carbons (Fsp3) is 0.312. The molecule has 0 aliphatic carbocycles. The van der Waals surface area contributed by atoms with Gasteiger partial charge in [0.1, 0.15) is 0 Å². The lowest BCUT2D eigenvalue weighted by Crippen LogP contribution is -2.16. The molecule has 0 unspecified atom stereocenters. The Labute approximate surface area is 129 Å². The summed E-state index contributed by atoms with van der Waals surface area (Å²) in [5.41, 5.74) is 4.40. The highest BCUT2D eigenvalue weighted by atomic mass is 15.4. The summed E-state index contributed by atoms with van der Waals surface area (Å²) in [6.45, 7) is 6.45. The third-order valence-electron chi connectivity index (χ3n) is 3.64. The van der Waals surface area contributed by atoms with Crippen molar-refractivity contribution in [3.63, 3.8) is 0 Å². The first-order chi connectivity index (χ1) is 10.8. The molecule has 0 saturated heterocycles. The molecule has 0 radical (unpaired) electrons. The van der Waals surface area contributed by atoms with Crippen LogP contribution in [-0.4, -0.2) is 24.8 Å². The molecule has 6 heteroatoms. The Kier molecular flexibility index (Phi) is 4.29. The highest BCUT2D eigenvalue weighted by molar-refractivity contribution is 5.32. The van der Waals surface area contributed by atoms with Crippen molar-refractivity contribution in [2.24, 2.45) is 0 Å². The number of benzene rings is 1. The van der Waals surface area contributed by atoms with Crippen molar-refractivity contribution in [3.8, 4) is 5.69 Å². The Balaban J connectivity index is 1.65. The van der Waals surface area contributed by atoms with E-state index in [1.165, 1.54) is 5.56 Å². The van der Waals surface area contributed by atoms with Crippen LogP contribution in [0.2, 0.25) is 0 Å². The Hall–Kier alpha value is -2.47. The minimum Gasteiger partial charge on any atom is -0.307 e.